The van der Waals surface area contributed by atoms with Crippen LogP contribution in [0, 0.1) is 12.3 Å². The smallest absolute Gasteiger partial charge is 0.335 e. The number of hydrogen-bond acceptors (Lipinski definition) is 6. The van der Waals surface area contributed by atoms with Crippen LogP contribution in [0.15, 0.2) is 30.6 Å². The Morgan fingerprint density at radius 1 is 1.07 bits per heavy atom. The summed E-state index contributed by atoms with van der Waals surface area (Å²) in [5.41, 5.74) is -0.927. The molecule has 2 aromatic heterocycles. The molecule has 12 nitrogen and oxygen atoms in total. The Hall–Kier alpha value is -4.55. The fourth-order valence-corrected chi connectivity index (χ4v) is 5.41. The highest BCUT2D eigenvalue weighted by molar-refractivity contribution is 6.34. The third-order valence-electron chi connectivity index (χ3n) is 7.43. The van der Waals surface area contributed by atoms with E-state index in [0.29, 0.717) is 39.3 Å². The first kappa shape index (κ1) is 30.9. The molecule has 0 saturated carbocycles. The Labute approximate surface area is 255 Å². The van der Waals surface area contributed by atoms with Crippen molar-refractivity contribution in [2.75, 3.05) is 57.7 Å². The zero-order chi connectivity index (χ0) is 31.6. The van der Waals surface area contributed by atoms with Crippen LogP contribution in [0.3, 0.4) is 0 Å². The second-order valence-corrected chi connectivity index (χ2v) is 10.7. The summed E-state index contributed by atoms with van der Waals surface area (Å²) in [6, 6.07) is 4.36. The fraction of sp³-hybridized carbons (Fsp3) is 0.393. The molecule has 0 aliphatic carbocycles. The van der Waals surface area contributed by atoms with Crippen LogP contribution in [0.5, 0.6) is 0 Å². The van der Waals surface area contributed by atoms with Crippen molar-refractivity contribution >= 4 is 35.1 Å². The summed E-state index contributed by atoms with van der Waals surface area (Å²) in [6.07, 6.45) is 2.76. The van der Waals surface area contributed by atoms with Crippen LogP contribution in [0.25, 0.3) is 11.3 Å². The van der Waals surface area contributed by atoms with Gasteiger partial charge in [-0.15, -0.1) is 6.42 Å². The van der Waals surface area contributed by atoms with E-state index in [4.69, 9.17) is 18.0 Å². The molecule has 44 heavy (non-hydrogen) atoms. The van der Waals surface area contributed by atoms with Crippen LogP contribution in [-0.2, 0) is 19.8 Å². The molecule has 0 atom stereocenters. The van der Waals surface area contributed by atoms with Gasteiger partial charge in [-0.05, 0) is 18.2 Å². The number of carbonyl (C=O) groups is 3. The number of hydrogen-bond donors (Lipinski definition) is 2. The molecule has 2 N–H and O–H groups in total. The zero-order valence-electron chi connectivity index (χ0n) is 23.7. The van der Waals surface area contributed by atoms with Crippen molar-refractivity contribution in [3.05, 3.63) is 52.7 Å². The van der Waals surface area contributed by atoms with Gasteiger partial charge in [-0.3, -0.25) is 14.3 Å². The third kappa shape index (κ3) is 6.36. The lowest BCUT2D eigenvalue weighted by Crippen LogP contribution is -2.57. The molecular formula is C28H29ClF3N9O3. The van der Waals surface area contributed by atoms with Crippen molar-refractivity contribution in [2.45, 2.75) is 12.7 Å². The summed E-state index contributed by atoms with van der Waals surface area (Å²) in [6.45, 7) is 4.15. The molecule has 0 bridgehead atoms. The number of piperazine rings is 2. The van der Waals surface area contributed by atoms with Gasteiger partial charge >= 0.3 is 12.2 Å². The van der Waals surface area contributed by atoms with E-state index in [2.05, 4.69) is 26.6 Å². The minimum Gasteiger partial charge on any atom is -0.335 e. The molecule has 0 unspecified atom stereocenters. The molecule has 2 aliphatic heterocycles. The largest absolute Gasteiger partial charge is 0.435 e. The SMILES string of the molecule is C#CCn1cc(-c2cnc(C(=O)Nc3ccc(C(=O)N4CCN(C(=O)N5CCNCC5)CC4)c(Cl)c3)n2C)c(C(F)(F)F)n1. The van der Waals surface area contributed by atoms with Crippen molar-refractivity contribution in [2.24, 2.45) is 7.05 Å². The number of carbonyl (C=O) groups excluding carboxylic acids is 3. The average Bonchev–Trinajstić information content (AvgIpc) is 3.60. The molecule has 0 spiro atoms. The van der Waals surface area contributed by atoms with Gasteiger partial charge in [0.2, 0.25) is 0 Å². The first-order chi connectivity index (χ1) is 21.0. The van der Waals surface area contributed by atoms with Gasteiger partial charge in [0.15, 0.2) is 11.5 Å². The monoisotopic (exact) mass is 631 g/mol. The first-order valence-corrected chi connectivity index (χ1v) is 14.1. The highest BCUT2D eigenvalue weighted by atomic mass is 35.5. The third-order valence-corrected chi connectivity index (χ3v) is 7.75. The van der Waals surface area contributed by atoms with E-state index in [0.717, 1.165) is 30.2 Å². The van der Waals surface area contributed by atoms with E-state index in [1.54, 1.807) is 14.7 Å². The highest BCUT2D eigenvalue weighted by Crippen LogP contribution is 2.36. The number of nitrogens with zero attached hydrogens (tertiary/aromatic N) is 7. The quantitative estimate of drug-likeness (QED) is 0.418. The van der Waals surface area contributed by atoms with Gasteiger partial charge in [0.05, 0.1) is 28.0 Å². The predicted molar refractivity (Wildman–Crippen MR) is 155 cm³/mol. The summed E-state index contributed by atoms with van der Waals surface area (Å²) < 4.78 is 43.1. The van der Waals surface area contributed by atoms with Gasteiger partial charge in [-0.25, -0.2) is 9.78 Å². The number of alkyl halides is 3. The Bertz CT molecular complexity index is 1610. The highest BCUT2D eigenvalue weighted by Gasteiger charge is 2.38. The maximum atomic E-state index is 13.6. The van der Waals surface area contributed by atoms with Gasteiger partial charge in [0.25, 0.3) is 11.8 Å². The lowest BCUT2D eigenvalue weighted by atomic mass is 10.1. The fourth-order valence-electron chi connectivity index (χ4n) is 5.14. The van der Waals surface area contributed by atoms with Crippen LogP contribution in [0.4, 0.5) is 23.7 Å². The number of terminal acetylenes is 1. The van der Waals surface area contributed by atoms with Gasteiger partial charge in [0.1, 0.15) is 6.54 Å². The Kier molecular flexibility index (Phi) is 8.84. The molecule has 1 aromatic carbocycles. The minimum atomic E-state index is -4.76. The number of nitrogens with one attached hydrogen (secondary N) is 2. The normalized spacial score (nSPS) is 15.7. The average molecular weight is 632 g/mol. The molecule has 2 saturated heterocycles. The summed E-state index contributed by atoms with van der Waals surface area (Å²) in [5, 5.41) is 9.48. The van der Waals surface area contributed by atoms with E-state index in [-0.39, 0.29) is 51.8 Å². The van der Waals surface area contributed by atoms with E-state index in [1.165, 1.54) is 29.8 Å². The zero-order valence-corrected chi connectivity index (χ0v) is 24.5. The van der Waals surface area contributed by atoms with Crippen molar-refractivity contribution in [1.29, 1.82) is 0 Å². The van der Waals surface area contributed by atoms with Gasteiger partial charge in [0, 0.05) is 71.3 Å². The van der Waals surface area contributed by atoms with Crippen LogP contribution in [-0.4, -0.2) is 104 Å². The number of amides is 4. The van der Waals surface area contributed by atoms with Crippen LogP contribution in [0.1, 0.15) is 26.7 Å². The Morgan fingerprint density at radius 3 is 2.36 bits per heavy atom. The van der Waals surface area contributed by atoms with Gasteiger partial charge < -0.3 is 29.9 Å². The molecule has 3 aromatic rings. The lowest BCUT2D eigenvalue weighted by Gasteiger charge is -2.38. The van der Waals surface area contributed by atoms with Crippen molar-refractivity contribution in [3.8, 4) is 23.6 Å². The Morgan fingerprint density at radius 2 is 1.73 bits per heavy atom. The summed E-state index contributed by atoms with van der Waals surface area (Å²) in [5.74, 6) is 1.06. The first-order valence-electron chi connectivity index (χ1n) is 13.7. The maximum absolute atomic E-state index is 13.6. The summed E-state index contributed by atoms with van der Waals surface area (Å²) in [7, 11) is 1.40. The van der Waals surface area contributed by atoms with Gasteiger partial charge in [-0.2, -0.15) is 18.3 Å². The molecule has 4 heterocycles. The number of rotatable bonds is 5. The molecule has 16 heteroatoms. The van der Waals surface area contributed by atoms with Crippen molar-refractivity contribution < 1.29 is 27.6 Å². The van der Waals surface area contributed by atoms with Crippen LogP contribution in [0.2, 0.25) is 5.02 Å². The molecule has 5 rings (SSSR count). The molecule has 2 fully saturated rings. The second-order valence-electron chi connectivity index (χ2n) is 10.3. The molecule has 232 valence electrons. The maximum Gasteiger partial charge on any atom is 0.435 e. The Balaban J connectivity index is 1.24. The van der Waals surface area contributed by atoms with E-state index in [9.17, 15) is 27.6 Å². The molecule has 2 aliphatic rings. The molecule has 0 radical (unpaired) electrons. The van der Waals surface area contributed by atoms with E-state index < -0.39 is 17.8 Å². The standard InChI is InChI=1S/C28H29ClF3N9O3/c1-3-8-41-17-20(23(36-41)28(30,31)32)22-16-34-24(37(22)2)25(42)35-18-4-5-19(21(29)15-18)26(43)38-11-13-40(14-12-38)27(44)39-9-6-33-7-10-39/h1,4-5,15-17,33H,6-14H2,2H3,(H,35,42). The number of aromatic nitrogens is 4. The van der Waals surface area contributed by atoms with Gasteiger partial charge in [-0.1, -0.05) is 17.5 Å². The minimum absolute atomic E-state index is 0.0134. The number of anilines is 1. The van der Waals surface area contributed by atoms with Crippen LogP contribution < -0.4 is 10.6 Å². The molecule has 4 amide bonds. The lowest BCUT2D eigenvalue weighted by molar-refractivity contribution is -0.141. The topological polar surface area (TPSA) is 121 Å². The summed E-state index contributed by atoms with van der Waals surface area (Å²) in [4.78, 5) is 48.2. The number of imidazole rings is 1. The van der Waals surface area contributed by atoms with E-state index in [1.807, 2.05) is 0 Å². The van der Waals surface area contributed by atoms with Crippen molar-refractivity contribution in [3.63, 3.8) is 0 Å². The second kappa shape index (κ2) is 12.6. The summed E-state index contributed by atoms with van der Waals surface area (Å²) >= 11 is 6.43. The number of benzene rings is 1. The number of halogens is 4. The van der Waals surface area contributed by atoms with E-state index >= 15 is 0 Å². The molecular weight excluding hydrogens is 603 g/mol. The predicted octanol–water partition coefficient (Wildman–Crippen LogP) is 2.62. The number of urea groups is 1. The van der Waals surface area contributed by atoms with Crippen LogP contribution >= 0.6 is 11.6 Å². The van der Waals surface area contributed by atoms with Crippen molar-refractivity contribution in [1.82, 2.24) is 39.3 Å².